The van der Waals surface area contributed by atoms with E-state index in [1.165, 1.54) is 18.2 Å². The van der Waals surface area contributed by atoms with E-state index in [0.29, 0.717) is 16.6 Å². The summed E-state index contributed by atoms with van der Waals surface area (Å²) < 4.78 is 0.411. The molecule has 1 saturated carbocycles. The van der Waals surface area contributed by atoms with E-state index < -0.39 is 4.92 Å². The van der Waals surface area contributed by atoms with Crippen LogP contribution in [0.25, 0.3) is 0 Å². The summed E-state index contributed by atoms with van der Waals surface area (Å²) in [5.41, 5.74) is 5.78. The molecule has 7 heteroatoms. The third kappa shape index (κ3) is 2.99. The Morgan fingerprint density at radius 2 is 2.10 bits per heavy atom. The predicted molar refractivity (Wildman–Crippen MR) is 78.5 cm³/mol. The molecule has 1 amide bonds. The third-order valence-corrected chi connectivity index (χ3v) is 4.39. The van der Waals surface area contributed by atoms with Gasteiger partial charge in [-0.3, -0.25) is 14.9 Å². The minimum Gasteiger partial charge on any atom is -0.345 e. The van der Waals surface area contributed by atoms with E-state index in [4.69, 9.17) is 5.73 Å². The molecule has 0 unspecified atom stereocenters. The van der Waals surface area contributed by atoms with Crippen LogP contribution in [0, 0.1) is 10.1 Å². The summed E-state index contributed by atoms with van der Waals surface area (Å²) in [6.07, 6.45) is 3.86. The maximum absolute atomic E-state index is 12.3. The van der Waals surface area contributed by atoms with Gasteiger partial charge in [0.05, 0.1) is 16.0 Å². The quantitative estimate of drug-likeness (QED) is 0.648. The fraction of sp³-hybridized carbons (Fsp3) is 0.462. The summed E-state index contributed by atoms with van der Waals surface area (Å²) in [7, 11) is 0. The van der Waals surface area contributed by atoms with Gasteiger partial charge in [-0.05, 0) is 34.8 Å². The maximum atomic E-state index is 12.3. The molecule has 1 aliphatic carbocycles. The normalized spacial score (nSPS) is 16.9. The van der Waals surface area contributed by atoms with Crippen molar-refractivity contribution < 1.29 is 9.72 Å². The fourth-order valence-electron chi connectivity index (χ4n) is 2.54. The van der Waals surface area contributed by atoms with Crippen LogP contribution in [-0.2, 0) is 0 Å². The number of rotatable bonds is 4. The molecule has 1 aromatic carbocycles. The van der Waals surface area contributed by atoms with E-state index in [-0.39, 0.29) is 17.1 Å². The Bertz CT molecular complexity index is 542. The van der Waals surface area contributed by atoms with Crippen molar-refractivity contribution in [2.75, 3.05) is 6.54 Å². The molecule has 3 N–H and O–H groups in total. The van der Waals surface area contributed by atoms with Crippen molar-refractivity contribution >= 4 is 27.5 Å². The number of non-ortho nitro benzene ring substituents is 1. The number of carbonyl (C=O) groups is 1. The summed E-state index contributed by atoms with van der Waals surface area (Å²) in [4.78, 5) is 22.5. The first-order valence-corrected chi connectivity index (χ1v) is 7.23. The lowest BCUT2D eigenvalue weighted by atomic mass is 9.97. The van der Waals surface area contributed by atoms with Gasteiger partial charge >= 0.3 is 0 Å². The molecule has 0 aliphatic heterocycles. The van der Waals surface area contributed by atoms with E-state index in [1.54, 1.807) is 0 Å². The molecule has 0 radical (unpaired) electrons. The van der Waals surface area contributed by atoms with Crippen LogP contribution in [0.3, 0.4) is 0 Å². The molecule has 0 atom stereocenters. The van der Waals surface area contributed by atoms with Crippen molar-refractivity contribution in [2.45, 2.75) is 31.2 Å². The van der Waals surface area contributed by atoms with Crippen LogP contribution >= 0.6 is 15.9 Å². The smallest absolute Gasteiger partial charge is 0.270 e. The number of nitrogens with two attached hydrogens (primary N) is 1. The first-order chi connectivity index (χ1) is 9.47. The highest BCUT2D eigenvalue weighted by molar-refractivity contribution is 9.10. The van der Waals surface area contributed by atoms with Crippen molar-refractivity contribution in [3.8, 4) is 0 Å². The van der Waals surface area contributed by atoms with E-state index >= 15 is 0 Å². The van der Waals surface area contributed by atoms with Gasteiger partial charge < -0.3 is 11.1 Å². The van der Waals surface area contributed by atoms with Crippen LogP contribution in [0.15, 0.2) is 22.7 Å². The highest BCUT2D eigenvalue weighted by Crippen LogP contribution is 2.30. The van der Waals surface area contributed by atoms with Crippen LogP contribution in [0.5, 0.6) is 0 Å². The fourth-order valence-corrected chi connectivity index (χ4v) is 3.09. The Balaban J connectivity index is 2.19. The molecule has 0 heterocycles. The number of halogens is 1. The molecule has 0 spiro atoms. The number of nitro benzene ring substituents is 1. The second kappa shape index (κ2) is 5.88. The lowest BCUT2D eigenvalue weighted by molar-refractivity contribution is -0.384. The standard InChI is InChI=1S/C13H16BrN3O3/c14-11-7-9(17(19)20)3-4-10(11)12(18)16-13(8-15)5-1-2-6-13/h3-4,7H,1-2,5-6,8,15H2,(H,16,18). The highest BCUT2D eigenvalue weighted by Gasteiger charge is 2.34. The molecular formula is C13H16BrN3O3. The number of benzene rings is 1. The average molecular weight is 342 g/mol. The van der Waals surface area contributed by atoms with Crippen molar-refractivity contribution in [1.82, 2.24) is 5.32 Å². The lowest BCUT2D eigenvalue weighted by Crippen LogP contribution is -2.51. The molecule has 1 fully saturated rings. The SMILES string of the molecule is NCC1(NC(=O)c2ccc([N+](=O)[O-])cc2Br)CCCC1. The zero-order valence-electron chi connectivity index (χ0n) is 10.9. The van der Waals surface area contributed by atoms with Gasteiger partial charge in [-0.1, -0.05) is 12.8 Å². The Labute approximate surface area is 125 Å². The molecule has 0 aromatic heterocycles. The predicted octanol–water partition coefficient (Wildman–Crippen LogP) is 2.36. The van der Waals surface area contributed by atoms with Crippen LogP contribution in [-0.4, -0.2) is 22.9 Å². The molecule has 6 nitrogen and oxygen atoms in total. The number of carbonyl (C=O) groups excluding carboxylic acids is 1. The lowest BCUT2D eigenvalue weighted by Gasteiger charge is -2.28. The molecule has 20 heavy (non-hydrogen) atoms. The molecule has 1 aliphatic rings. The summed E-state index contributed by atoms with van der Waals surface area (Å²) in [5.74, 6) is -0.251. The number of nitrogens with zero attached hydrogens (tertiary/aromatic N) is 1. The maximum Gasteiger partial charge on any atom is 0.270 e. The van der Waals surface area contributed by atoms with Gasteiger partial charge in [0.25, 0.3) is 11.6 Å². The van der Waals surface area contributed by atoms with Gasteiger partial charge in [0.15, 0.2) is 0 Å². The molecule has 1 aromatic rings. The van der Waals surface area contributed by atoms with Gasteiger partial charge in [0.2, 0.25) is 0 Å². The highest BCUT2D eigenvalue weighted by atomic mass is 79.9. The first-order valence-electron chi connectivity index (χ1n) is 6.44. The topological polar surface area (TPSA) is 98.3 Å². The van der Waals surface area contributed by atoms with Gasteiger partial charge in [-0.15, -0.1) is 0 Å². The van der Waals surface area contributed by atoms with Crippen LogP contribution < -0.4 is 11.1 Å². The van der Waals surface area contributed by atoms with Gasteiger partial charge in [-0.2, -0.15) is 0 Å². The number of hydrogen-bond donors (Lipinski definition) is 2. The summed E-state index contributed by atoms with van der Waals surface area (Å²) in [5, 5.41) is 13.7. The molecule has 108 valence electrons. The Kier molecular flexibility index (Phi) is 4.39. The second-order valence-corrected chi connectivity index (χ2v) is 5.92. The first kappa shape index (κ1) is 14.9. The minimum atomic E-state index is -0.495. The summed E-state index contributed by atoms with van der Waals surface area (Å²) in [6, 6.07) is 4.11. The van der Waals surface area contributed by atoms with Crippen molar-refractivity contribution in [3.63, 3.8) is 0 Å². The number of hydrogen-bond acceptors (Lipinski definition) is 4. The van der Waals surface area contributed by atoms with Crippen LogP contribution in [0.1, 0.15) is 36.0 Å². The molecule has 0 bridgehead atoms. The largest absolute Gasteiger partial charge is 0.345 e. The monoisotopic (exact) mass is 341 g/mol. The Morgan fingerprint density at radius 1 is 1.45 bits per heavy atom. The van der Waals surface area contributed by atoms with Crippen LogP contribution in [0.4, 0.5) is 5.69 Å². The zero-order valence-corrected chi connectivity index (χ0v) is 12.5. The van der Waals surface area contributed by atoms with E-state index in [2.05, 4.69) is 21.2 Å². The second-order valence-electron chi connectivity index (χ2n) is 5.07. The summed E-state index contributed by atoms with van der Waals surface area (Å²) >= 11 is 3.21. The molecular weight excluding hydrogens is 326 g/mol. The average Bonchev–Trinajstić information content (AvgIpc) is 2.87. The van der Waals surface area contributed by atoms with Gasteiger partial charge in [0.1, 0.15) is 0 Å². The number of nitro groups is 1. The summed E-state index contributed by atoms with van der Waals surface area (Å²) in [6.45, 7) is 0.406. The number of nitrogens with one attached hydrogen (secondary N) is 1. The Hall–Kier alpha value is -1.47. The van der Waals surface area contributed by atoms with E-state index in [0.717, 1.165) is 25.7 Å². The van der Waals surface area contributed by atoms with Crippen molar-refractivity contribution in [2.24, 2.45) is 5.73 Å². The number of amides is 1. The van der Waals surface area contributed by atoms with Crippen molar-refractivity contribution in [3.05, 3.63) is 38.3 Å². The third-order valence-electron chi connectivity index (χ3n) is 3.74. The molecule has 0 saturated heterocycles. The zero-order chi connectivity index (χ0) is 14.8. The van der Waals surface area contributed by atoms with Crippen molar-refractivity contribution in [1.29, 1.82) is 0 Å². The van der Waals surface area contributed by atoms with Crippen LogP contribution in [0.2, 0.25) is 0 Å². The van der Waals surface area contributed by atoms with Gasteiger partial charge in [-0.25, -0.2) is 0 Å². The van der Waals surface area contributed by atoms with E-state index in [9.17, 15) is 14.9 Å². The van der Waals surface area contributed by atoms with E-state index in [1.807, 2.05) is 0 Å². The minimum absolute atomic E-state index is 0.0529. The molecule has 2 rings (SSSR count). The Morgan fingerprint density at radius 3 is 2.60 bits per heavy atom. The van der Waals surface area contributed by atoms with Gasteiger partial charge in [0, 0.05) is 23.2 Å².